The van der Waals surface area contributed by atoms with Crippen LogP contribution in [-0.4, -0.2) is 9.38 Å². The zero-order valence-electron chi connectivity index (χ0n) is 5.86. The molecule has 0 aliphatic rings. The van der Waals surface area contributed by atoms with Gasteiger partial charge in [0.05, 0.1) is 0 Å². The van der Waals surface area contributed by atoms with Gasteiger partial charge in [0, 0.05) is 18.6 Å². The molecule has 0 radical (unpaired) electrons. The van der Waals surface area contributed by atoms with E-state index in [2.05, 4.69) is 4.98 Å². The molecular formula is C7H7N2+. The van der Waals surface area contributed by atoms with Gasteiger partial charge in [-0.25, -0.2) is 4.98 Å². The maximum Gasteiger partial charge on any atom is 1.00 e. The average molecular weight is 119 g/mol. The van der Waals surface area contributed by atoms with Gasteiger partial charge in [-0.15, -0.1) is 0 Å². The molecule has 2 rings (SSSR count). The van der Waals surface area contributed by atoms with Gasteiger partial charge < -0.3 is 4.40 Å². The van der Waals surface area contributed by atoms with E-state index in [9.17, 15) is 0 Å². The second-order valence-electron chi connectivity index (χ2n) is 1.89. The minimum Gasteiger partial charge on any atom is -0.309 e. The van der Waals surface area contributed by atoms with Crippen LogP contribution >= 0.6 is 0 Å². The molecule has 44 valence electrons. The SMILES string of the molecule is [H+].c1cnc2cccn2c1. The van der Waals surface area contributed by atoms with Crippen LogP contribution in [0.1, 0.15) is 1.43 Å². The normalized spacial score (nSPS) is 10.2. The van der Waals surface area contributed by atoms with Gasteiger partial charge in [-0.1, -0.05) is 0 Å². The van der Waals surface area contributed by atoms with Gasteiger partial charge in [0.2, 0.25) is 0 Å². The smallest absolute Gasteiger partial charge is 0.309 e. The van der Waals surface area contributed by atoms with Crippen LogP contribution in [0.3, 0.4) is 0 Å². The highest BCUT2D eigenvalue weighted by Gasteiger charge is 1.85. The molecule has 2 heteroatoms. The van der Waals surface area contributed by atoms with Crippen molar-refractivity contribution in [3.8, 4) is 0 Å². The maximum absolute atomic E-state index is 4.10. The van der Waals surface area contributed by atoms with E-state index in [-0.39, 0.29) is 1.43 Å². The first-order valence-corrected chi connectivity index (χ1v) is 2.84. The van der Waals surface area contributed by atoms with Crippen molar-refractivity contribution in [3.63, 3.8) is 0 Å². The van der Waals surface area contributed by atoms with E-state index in [1.54, 1.807) is 6.20 Å². The van der Waals surface area contributed by atoms with Crippen LogP contribution in [0.2, 0.25) is 0 Å². The van der Waals surface area contributed by atoms with Crippen LogP contribution in [0.4, 0.5) is 0 Å². The van der Waals surface area contributed by atoms with Gasteiger partial charge in [-0.05, 0) is 18.2 Å². The van der Waals surface area contributed by atoms with E-state index in [1.807, 2.05) is 35.0 Å². The minimum atomic E-state index is 0. The lowest BCUT2D eigenvalue weighted by molar-refractivity contribution is 1.13. The third-order valence-corrected chi connectivity index (χ3v) is 1.30. The van der Waals surface area contributed by atoms with Crippen molar-refractivity contribution < 1.29 is 1.43 Å². The third kappa shape index (κ3) is 0.598. The summed E-state index contributed by atoms with van der Waals surface area (Å²) in [6.45, 7) is 0. The highest BCUT2D eigenvalue weighted by molar-refractivity contribution is 5.37. The predicted molar refractivity (Wildman–Crippen MR) is 36.3 cm³/mol. The molecule has 0 fully saturated rings. The van der Waals surface area contributed by atoms with Crippen molar-refractivity contribution >= 4 is 5.65 Å². The molecule has 2 heterocycles. The number of nitrogens with zero attached hydrogens (tertiary/aromatic N) is 2. The quantitative estimate of drug-likeness (QED) is 0.513. The minimum absolute atomic E-state index is 0. The van der Waals surface area contributed by atoms with Crippen LogP contribution in [0.25, 0.3) is 5.65 Å². The molecule has 0 bridgehead atoms. The summed E-state index contributed by atoms with van der Waals surface area (Å²) in [6.07, 6.45) is 5.74. The van der Waals surface area contributed by atoms with Gasteiger partial charge in [-0.2, -0.15) is 0 Å². The Morgan fingerprint density at radius 3 is 3.11 bits per heavy atom. The van der Waals surface area contributed by atoms with Gasteiger partial charge in [0.15, 0.2) is 0 Å². The lowest BCUT2D eigenvalue weighted by Crippen LogP contribution is -1.80. The average Bonchev–Trinajstić information content (AvgIpc) is 2.33. The van der Waals surface area contributed by atoms with E-state index < -0.39 is 0 Å². The standard InChI is InChI=1S/C7H6N2/c1-3-7-8-4-2-6-9(7)5-1/h1-6H/p+1. The zero-order chi connectivity index (χ0) is 6.10. The van der Waals surface area contributed by atoms with Gasteiger partial charge in [-0.3, -0.25) is 0 Å². The van der Waals surface area contributed by atoms with Crippen LogP contribution in [0.15, 0.2) is 36.8 Å². The van der Waals surface area contributed by atoms with E-state index in [4.69, 9.17) is 0 Å². The number of aromatic nitrogens is 2. The van der Waals surface area contributed by atoms with Crippen molar-refractivity contribution in [1.29, 1.82) is 0 Å². The first-order chi connectivity index (χ1) is 4.47. The summed E-state index contributed by atoms with van der Waals surface area (Å²) >= 11 is 0. The number of hydrogen-bond acceptors (Lipinski definition) is 1. The van der Waals surface area contributed by atoms with Crippen LogP contribution < -0.4 is 0 Å². The Morgan fingerprint density at radius 1 is 1.33 bits per heavy atom. The highest BCUT2D eigenvalue weighted by atomic mass is 14.9. The van der Waals surface area contributed by atoms with Crippen molar-refractivity contribution in [1.82, 2.24) is 9.38 Å². The fraction of sp³-hybridized carbons (Fsp3) is 0. The monoisotopic (exact) mass is 119 g/mol. The fourth-order valence-corrected chi connectivity index (χ4v) is 0.871. The summed E-state index contributed by atoms with van der Waals surface area (Å²) in [7, 11) is 0. The molecular weight excluding hydrogens is 112 g/mol. The number of rotatable bonds is 0. The first-order valence-electron chi connectivity index (χ1n) is 2.84. The van der Waals surface area contributed by atoms with Crippen molar-refractivity contribution in [3.05, 3.63) is 36.8 Å². The van der Waals surface area contributed by atoms with Crippen molar-refractivity contribution in [2.24, 2.45) is 0 Å². The molecule has 2 aromatic rings. The molecule has 0 unspecified atom stereocenters. The molecule has 0 aliphatic carbocycles. The summed E-state index contributed by atoms with van der Waals surface area (Å²) < 4.78 is 1.97. The first kappa shape index (κ1) is 4.56. The topological polar surface area (TPSA) is 17.3 Å². The third-order valence-electron chi connectivity index (χ3n) is 1.30. The van der Waals surface area contributed by atoms with E-state index >= 15 is 0 Å². The van der Waals surface area contributed by atoms with Gasteiger partial charge >= 0.3 is 1.43 Å². The lowest BCUT2D eigenvalue weighted by atomic mass is 10.6. The Bertz CT molecular complexity index is 286. The number of hydrogen-bond donors (Lipinski definition) is 0. The number of fused-ring (bicyclic) bond motifs is 1. The maximum atomic E-state index is 4.10. The summed E-state index contributed by atoms with van der Waals surface area (Å²) in [5.74, 6) is 0. The van der Waals surface area contributed by atoms with E-state index in [0.717, 1.165) is 5.65 Å². The predicted octanol–water partition coefficient (Wildman–Crippen LogP) is 1.45. The molecule has 0 amide bonds. The van der Waals surface area contributed by atoms with Crippen molar-refractivity contribution in [2.75, 3.05) is 0 Å². The lowest BCUT2D eigenvalue weighted by Gasteiger charge is -1.87. The zero-order valence-corrected chi connectivity index (χ0v) is 4.86. The second-order valence-corrected chi connectivity index (χ2v) is 1.89. The van der Waals surface area contributed by atoms with Crippen LogP contribution in [0.5, 0.6) is 0 Å². The molecule has 0 atom stereocenters. The molecule has 0 saturated heterocycles. The molecule has 0 saturated carbocycles. The summed E-state index contributed by atoms with van der Waals surface area (Å²) in [5.41, 5.74) is 0.998. The Hall–Kier alpha value is -1.31. The fourth-order valence-electron chi connectivity index (χ4n) is 0.871. The van der Waals surface area contributed by atoms with Crippen LogP contribution in [-0.2, 0) is 0 Å². The van der Waals surface area contributed by atoms with E-state index in [0.29, 0.717) is 0 Å². The molecule has 9 heavy (non-hydrogen) atoms. The molecule has 2 nitrogen and oxygen atoms in total. The largest absolute Gasteiger partial charge is 1.00 e. The molecule has 0 N–H and O–H groups in total. The Morgan fingerprint density at radius 2 is 2.22 bits per heavy atom. The summed E-state index contributed by atoms with van der Waals surface area (Å²) in [6, 6.07) is 5.86. The Balaban J connectivity index is 0.000000500. The van der Waals surface area contributed by atoms with Crippen molar-refractivity contribution in [2.45, 2.75) is 0 Å². The molecule has 0 spiro atoms. The van der Waals surface area contributed by atoms with Gasteiger partial charge in [0.1, 0.15) is 5.65 Å². The summed E-state index contributed by atoms with van der Waals surface area (Å²) in [5, 5.41) is 0. The van der Waals surface area contributed by atoms with E-state index in [1.165, 1.54) is 0 Å². The van der Waals surface area contributed by atoms with Gasteiger partial charge in [0.25, 0.3) is 0 Å². The molecule has 0 aliphatic heterocycles. The van der Waals surface area contributed by atoms with Crippen LogP contribution in [0, 0.1) is 0 Å². The summed E-state index contributed by atoms with van der Waals surface area (Å²) in [4.78, 5) is 4.10. The molecule has 2 aromatic heterocycles. The Kier molecular flexibility index (Phi) is 0.803. The highest BCUT2D eigenvalue weighted by Crippen LogP contribution is 1.96. The molecule has 0 aromatic carbocycles. The second kappa shape index (κ2) is 1.58. The Labute approximate surface area is 54.3 Å².